The van der Waals surface area contributed by atoms with Gasteiger partial charge in [-0.1, -0.05) is 30.3 Å². The van der Waals surface area contributed by atoms with Crippen LogP contribution < -0.4 is 14.8 Å². The van der Waals surface area contributed by atoms with Crippen molar-refractivity contribution in [3.05, 3.63) is 83.7 Å². The molecule has 3 rings (SSSR count). The van der Waals surface area contributed by atoms with Crippen molar-refractivity contribution in [3.63, 3.8) is 0 Å². The van der Waals surface area contributed by atoms with Gasteiger partial charge in [-0.15, -0.1) is 0 Å². The molecule has 0 bridgehead atoms. The van der Waals surface area contributed by atoms with Gasteiger partial charge in [0.05, 0.1) is 23.6 Å². The molecule has 0 heterocycles. The molecule has 0 aromatic heterocycles. The normalized spacial score (nSPS) is 11.1. The Morgan fingerprint density at radius 1 is 1.03 bits per heavy atom. The Balaban J connectivity index is 1.74. The molecule has 0 aliphatic heterocycles. The van der Waals surface area contributed by atoms with Crippen LogP contribution in [0, 0.1) is 12.7 Å². The van der Waals surface area contributed by atoms with E-state index >= 15 is 0 Å². The van der Waals surface area contributed by atoms with Crippen LogP contribution >= 0.6 is 0 Å². The third-order valence-corrected chi connectivity index (χ3v) is 5.99. The summed E-state index contributed by atoms with van der Waals surface area (Å²) in [4.78, 5) is 12.4. The predicted octanol–water partition coefficient (Wildman–Crippen LogP) is 4.51. The number of benzene rings is 3. The number of carbonyl (C=O) groups is 1. The zero-order valence-corrected chi connectivity index (χ0v) is 18.0. The van der Waals surface area contributed by atoms with E-state index in [2.05, 4.69) is 10.0 Å². The Hall–Kier alpha value is -3.39. The quantitative estimate of drug-likeness (QED) is 0.537. The molecular weight excluding hydrogens is 419 g/mol. The van der Waals surface area contributed by atoms with Crippen molar-refractivity contribution in [2.24, 2.45) is 0 Å². The summed E-state index contributed by atoms with van der Waals surface area (Å²) in [6.45, 7) is 4.08. The number of halogens is 1. The number of amides is 1. The molecule has 0 aliphatic rings. The monoisotopic (exact) mass is 442 g/mol. The topological polar surface area (TPSA) is 84.5 Å². The molecule has 0 unspecified atom stereocenters. The minimum absolute atomic E-state index is 0.0466. The lowest BCUT2D eigenvalue weighted by Crippen LogP contribution is -2.17. The zero-order valence-electron chi connectivity index (χ0n) is 17.2. The molecule has 3 aromatic carbocycles. The average molecular weight is 443 g/mol. The molecule has 162 valence electrons. The standard InChI is InChI=1S/C23H23FN2O4S/c1-3-30-19-12-9-17(10-13-19)14-23(27)25-18-11-8-16(2)22(15-18)31(28,29)26-21-7-5-4-6-20(21)24/h4-13,15,26H,3,14H2,1-2H3,(H,25,27). The molecule has 3 aromatic rings. The highest BCUT2D eigenvalue weighted by molar-refractivity contribution is 7.92. The van der Waals surface area contributed by atoms with Crippen LogP contribution in [0.15, 0.2) is 71.6 Å². The third-order valence-electron chi connectivity index (χ3n) is 4.48. The highest BCUT2D eigenvalue weighted by Gasteiger charge is 2.19. The summed E-state index contributed by atoms with van der Waals surface area (Å²) in [5.41, 5.74) is 1.44. The van der Waals surface area contributed by atoms with E-state index in [0.29, 0.717) is 17.9 Å². The van der Waals surface area contributed by atoms with Crippen LogP contribution in [-0.2, 0) is 21.2 Å². The van der Waals surface area contributed by atoms with Crippen molar-refractivity contribution >= 4 is 27.3 Å². The lowest BCUT2D eigenvalue weighted by molar-refractivity contribution is -0.115. The summed E-state index contributed by atoms with van der Waals surface area (Å²) in [6, 6.07) is 17.2. The van der Waals surface area contributed by atoms with Gasteiger partial charge in [-0.25, -0.2) is 12.8 Å². The first-order chi connectivity index (χ1) is 14.8. The SMILES string of the molecule is CCOc1ccc(CC(=O)Nc2ccc(C)c(S(=O)(=O)Nc3ccccc3F)c2)cc1. The Kier molecular flexibility index (Phi) is 6.91. The van der Waals surface area contributed by atoms with Gasteiger partial charge in [0.2, 0.25) is 5.91 Å². The number of hydrogen-bond donors (Lipinski definition) is 2. The van der Waals surface area contributed by atoms with Gasteiger partial charge in [-0.3, -0.25) is 9.52 Å². The molecule has 31 heavy (non-hydrogen) atoms. The molecular formula is C23H23FN2O4S. The van der Waals surface area contributed by atoms with Crippen molar-refractivity contribution in [3.8, 4) is 5.75 Å². The first-order valence-corrected chi connectivity index (χ1v) is 11.2. The fraction of sp³-hybridized carbons (Fsp3) is 0.174. The summed E-state index contributed by atoms with van der Waals surface area (Å²) in [6.07, 6.45) is 0.121. The maximum atomic E-state index is 13.9. The Bertz CT molecular complexity index is 1180. The third kappa shape index (κ3) is 5.82. The van der Waals surface area contributed by atoms with Crippen molar-refractivity contribution in [1.29, 1.82) is 0 Å². The van der Waals surface area contributed by atoms with E-state index in [9.17, 15) is 17.6 Å². The fourth-order valence-electron chi connectivity index (χ4n) is 2.97. The van der Waals surface area contributed by atoms with E-state index in [1.165, 1.54) is 30.3 Å². The number of para-hydroxylation sites is 1. The van der Waals surface area contributed by atoms with Crippen LogP contribution in [0.25, 0.3) is 0 Å². The summed E-state index contributed by atoms with van der Waals surface area (Å²) in [5.74, 6) is -0.246. The molecule has 6 nitrogen and oxygen atoms in total. The largest absolute Gasteiger partial charge is 0.494 e. The minimum atomic E-state index is -4.05. The van der Waals surface area contributed by atoms with Crippen molar-refractivity contribution in [2.75, 3.05) is 16.6 Å². The van der Waals surface area contributed by atoms with Crippen LogP contribution in [0.5, 0.6) is 5.75 Å². The Morgan fingerprint density at radius 3 is 2.42 bits per heavy atom. The highest BCUT2D eigenvalue weighted by atomic mass is 32.2. The second kappa shape index (κ2) is 9.61. The minimum Gasteiger partial charge on any atom is -0.494 e. The van der Waals surface area contributed by atoms with Gasteiger partial charge in [0.25, 0.3) is 10.0 Å². The number of hydrogen-bond acceptors (Lipinski definition) is 4. The van der Waals surface area contributed by atoms with Crippen molar-refractivity contribution in [2.45, 2.75) is 25.2 Å². The molecule has 0 atom stereocenters. The summed E-state index contributed by atoms with van der Waals surface area (Å²) in [5, 5.41) is 2.71. The number of sulfonamides is 1. The van der Waals surface area contributed by atoms with E-state index in [-0.39, 0.29) is 22.9 Å². The number of rotatable bonds is 8. The molecule has 2 N–H and O–H groups in total. The first-order valence-electron chi connectivity index (χ1n) is 9.68. The van der Waals surface area contributed by atoms with Crippen LogP contribution in [0.3, 0.4) is 0 Å². The number of carbonyl (C=O) groups excluding carboxylic acids is 1. The van der Waals surface area contributed by atoms with Gasteiger partial charge in [0.15, 0.2) is 0 Å². The second-order valence-electron chi connectivity index (χ2n) is 6.87. The van der Waals surface area contributed by atoms with Crippen LogP contribution in [-0.4, -0.2) is 20.9 Å². The number of aryl methyl sites for hydroxylation is 1. The molecule has 0 saturated carbocycles. The molecule has 0 spiro atoms. The van der Waals surface area contributed by atoms with Crippen LogP contribution in [0.2, 0.25) is 0 Å². The highest BCUT2D eigenvalue weighted by Crippen LogP contribution is 2.24. The number of anilines is 2. The van der Waals surface area contributed by atoms with Gasteiger partial charge in [0, 0.05) is 5.69 Å². The summed E-state index contributed by atoms with van der Waals surface area (Å²) < 4.78 is 47.1. The van der Waals surface area contributed by atoms with E-state index in [1.807, 2.05) is 6.92 Å². The maximum absolute atomic E-state index is 13.9. The maximum Gasteiger partial charge on any atom is 0.262 e. The van der Waals surface area contributed by atoms with Gasteiger partial charge in [-0.05, 0) is 61.4 Å². The summed E-state index contributed by atoms with van der Waals surface area (Å²) >= 11 is 0. The Morgan fingerprint density at radius 2 is 1.74 bits per heavy atom. The fourth-order valence-corrected chi connectivity index (χ4v) is 4.31. The molecule has 0 radical (unpaired) electrons. The number of ether oxygens (including phenoxy) is 1. The van der Waals surface area contributed by atoms with E-state index in [1.54, 1.807) is 43.3 Å². The second-order valence-corrected chi connectivity index (χ2v) is 8.52. The first kappa shape index (κ1) is 22.3. The van der Waals surface area contributed by atoms with E-state index in [4.69, 9.17) is 4.74 Å². The summed E-state index contributed by atoms with van der Waals surface area (Å²) in [7, 11) is -4.05. The van der Waals surface area contributed by atoms with Gasteiger partial charge in [0.1, 0.15) is 11.6 Å². The molecule has 1 amide bonds. The zero-order chi connectivity index (χ0) is 22.4. The molecule has 8 heteroatoms. The van der Waals surface area contributed by atoms with E-state index < -0.39 is 15.8 Å². The van der Waals surface area contributed by atoms with Gasteiger partial charge < -0.3 is 10.1 Å². The van der Waals surface area contributed by atoms with Gasteiger partial charge in [-0.2, -0.15) is 0 Å². The molecule has 0 fully saturated rings. The lowest BCUT2D eigenvalue weighted by Gasteiger charge is -2.13. The van der Waals surface area contributed by atoms with Crippen molar-refractivity contribution in [1.82, 2.24) is 0 Å². The van der Waals surface area contributed by atoms with E-state index in [0.717, 1.165) is 11.3 Å². The number of nitrogens with one attached hydrogen (secondary N) is 2. The smallest absolute Gasteiger partial charge is 0.262 e. The van der Waals surface area contributed by atoms with Gasteiger partial charge >= 0.3 is 0 Å². The lowest BCUT2D eigenvalue weighted by atomic mass is 10.1. The molecule has 0 aliphatic carbocycles. The average Bonchev–Trinajstić information content (AvgIpc) is 2.72. The van der Waals surface area contributed by atoms with Crippen molar-refractivity contribution < 1.29 is 22.3 Å². The van der Waals surface area contributed by atoms with Crippen LogP contribution in [0.4, 0.5) is 15.8 Å². The molecule has 0 saturated heterocycles. The Labute approximate surface area is 181 Å². The predicted molar refractivity (Wildman–Crippen MR) is 118 cm³/mol. The van der Waals surface area contributed by atoms with Crippen LogP contribution in [0.1, 0.15) is 18.1 Å².